The first-order chi connectivity index (χ1) is 23.8. The number of esters is 2. The van der Waals surface area contributed by atoms with Crippen molar-refractivity contribution in [2.75, 3.05) is 26.4 Å². The van der Waals surface area contributed by atoms with Gasteiger partial charge in [0.2, 0.25) is 0 Å². The van der Waals surface area contributed by atoms with Crippen LogP contribution in [0.2, 0.25) is 0 Å². The van der Waals surface area contributed by atoms with E-state index < -0.39 is 32.5 Å². The predicted octanol–water partition coefficient (Wildman–Crippen LogP) is 10.4. The van der Waals surface area contributed by atoms with Crippen molar-refractivity contribution in [3.63, 3.8) is 0 Å². The van der Waals surface area contributed by atoms with Crippen LogP contribution in [0.1, 0.15) is 155 Å². The first kappa shape index (κ1) is 47.0. The summed E-state index contributed by atoms with van der Waals surface area (Å²) in [7, 11) is -4.37. The fourth-order valence-corrected chi connectivity index (χ4v) is 5.62. The molecule has 0 aliphatic heterocycles. The summed E-state index contributed by atoms with van der Waals surface area (Å²) in [6.07, 6.45) is 38.6. The quantitative estimate of drug-likeness (QED) is 0.0285. The second-order valence-corrected chi connectivity index (χ2v) is 13.9. The Balaban J connectivity index is 4.24. The van der Waals surface area contributed by atoms with Crippen LogP contribution in [0.3, 0.4) is 0 Å². The van der Waals surface area contributed by atoms with Crippen molar-refractivity contribution in [1.82, 2.24) is 0 Å². The maximum atomic E-state index is 12.5. The Morgan fingerprint density at radius 3 is 1.61 bits per heavy atom. The van der Waals surface area contributed by atoms with E-state index in [2.05, 4.69) is 62.5 Å². The highest BCUT2D eigenvalue weighted by molar-refractivity contribution is 7.47. The maximum absolute atomic E-state index is 12.5. The van der Waals surface area contributed by atoms with Gasteiger partial charge >= 0.3 is 19.8 Å². The Kier molecular flexibility index (Phi) is 34.3. The van der Waals surface area contributed by atoms with Crippen molar-refractivity contribution in [3.8, 4) is 0 Å². The number of ether oxygens (including phenoxy) is 2. The summed E-state index contributed by atoms with van der Waals surface area (Å²) in [5, 5.41) is 0. The van der Waals surface area contributed by atoms with E-state index in [0.717, 1.165) is 57.8 Å². The summed E-state index contributed by atoms with van der Waals surface area (Å²) >= 11 is 0. The van der Waals surface area contributed by atoms with Gasteiger partial charge in [0.25, 0.3) is 0 Å². The predicted molar refractivity (Wildman–Crippen MR) is 201 cm³/mol. The van der Waals surface area contributed by atoms with E-state index in [-0.39, 0.29) is 32.6 Å². The minimum absolute atomic E-state index is 0.0479. The monoisotopic (exact) mass is 711 g/mol. The molecule has 2 atom stereocenters. The number of hydrogen-bond donors (Lipinski definition) is 2. The fraction of sp³-hybridized carbons (Fsp3) is 0.744. The van der Waals surface area contributed by atoms with Crippen LogP contribution < -0.4 is 5.73 Å². The molecule has 0 spiro atoms. The second kappa shape index (κ2) is 35.8. The number of hydrogen-bond acceptors (Lipinski definition) is 8. The third-order valence-electron chi connectivity index (χ3n) is 7.72. The van der Waals surface area contributed by atoms with Gasteiger partial charge in [-0.2, -0.15) is 0 Å². The van der Waals surface area contributed by atoms with Crippen LogP contribution in [0.4, 0.5) is 0 Å². The maximum Gasteiger partial charge on any atom is 0.472 e. The van der Waals surface area contributed by atoms with E-state index in [9.17, 15) is 19.0 Å². The number of nitrogens with two attached hydrogens (primary N) is 1. The molecule has 0 saturated heterocycles. The average Bonchev–Trinajstić information content (AvgIpc) is 3.08. The lowest BCUT2D eigenvalue weighted by atomic mass is 10.1. The second-order valence-electron chi connectivity index (χ2n) is 12.4. The van der Waals surface area contributed by atoms with Crippen molar-refractivity contribution < 1.29 is 37.6 Å². The molecule has 49 heavy (non-hydrogen) atoms. The summed E-state index contributed by atoms with van der Waals surface area (Å²) < 4.78 is 32.5. The van der Waals surface area contributed by atoms with E-state index in [0.29, 0.717) is 12.8 Å². The summed E-state index contributed by atoms with van der Waals surface area (Å²) in [4.78, 5) is 34.6. The van der Waals surface area contributed by atoms with Crippen molar-refractivity contribution >= 4 is 19.8 Å². The van der Waals surface area contributed by atoms with Crippen LogP contribution in [0.5, 0.6) is 0 Å². The Labute approximate surface area is 298 Å². The van der Waals surface area contributed by atoms with Gasteiger partial charge < -0.3 is 20.1 Å². The summed E-state index contributed by atoms with van der Waals surface area (Å²) in [5.74, 6) is -0.871. The molecule has 0 bridgehead atoms. The van der Waals surface area contributed by atoms with Crippen LogP contribution in [-0.2, 0) is 32.7 Å². The van der Waals surface area contributed by atoms with Gasteiger partial charge in [-0.05, 0) is 57.8 Å². The third kappa shape index (κ3) is 35.6. The highest BCUT2D eigenvalue weighted by Crippen LogP contribution is 2.43. The van der Waals surface area contributed by atoms with Gasteiger partial charge in [-0.3, -0.25) is 18.6 Å². The normalized spacial score (nSPS) is 14.0. The molecule has 1 unspecified atom stereocenters. The SMILES string of the molecule is CCCCC/C=C/C/C=C/C/C=C/C/C=C/CCCCCC(=O)OC[C@@H](COP(=O)(O)OCCN)OC(=O)CCCCCCCCCCC. The summed E-state index contributed by atoms with van der Waals surface area (Å²) in [6.45, 7) is 3.62. The Bertz CT molecular complexity index is 949. The van der Waals surface area contributed by atoms with Gasteiger partial charge in [0.1, 0.15) is 6.61 Å². The number of rotatable bonds is 35. The molecule has 0 aromatic heterocycles. The molecule has 0 amide bonds. The minimum atomic E-state index is -4.37. The molecule has 0 fully saturated rings. The van der Waals surface area contributed by atoms with Crippen molar-refractivity contribution in [3.05, 3.63) is 48.6 Å². The zero-order valence-electron chi connectivity index (χ0n) is 30.9. The van der Waals surface area contributed by atoms with Gasteiger partial charge in [0, 0.05) is 19.4 Å². The van der Waals surface area contributed by atoms with Gasteiger partial charge in [-0.15, -0.1) is 0 Å². The van der Waals surface area contributed by atoms with Crippen LogP contribution in [-0.4, -0.2) is 49.3 Å². The molecule has 9 nitrogen and oxygen atoms in total. The number of unbranched alkanes of at least 4 members (excludes halogenated alkanes) is 14. The Hall–Kier alpha value is -2.03. The highest BCUT2D eigenvalue weighted by Gasteiger charge is 2.25. The number of allylic oxidation sites excluding steroid dienone is 8. The van der Waals surface area contributed by atoms with Crippen molar-refractivity contribution in [1.29, 1.82) is 0 Å². The molecule has 284 valence electrons. The van der Waals surface area contributed by atoms with E-state index in [1.165, 1.54) is 57.8 Å². The molecule has 10 heteroatoms. The Morgan fingerprint density at radius 2 is 1.06 bits per heavy atom. The molecule has 0 aliphatic rings. The molecule has 0 heterocycles. The van der Waals surface area contributed by atoms with E-state index in [1.807, 2.05) is 0 Å². The third-order valence-corrected chi connectivity index (χ3v) is 8.70. The largest absolute Gasteiger partial charge is 0.472 e. The van der Waals surface area contributed by atoms with E-state index in [1.54, 1.807) is 0 Å². The standard InChI is InChI=1S/C39H70NO8P/c1-3-5-7-9-11-13-14-15-16-17-18-19-20-21-22-24-25-27-29-31-38(41)45-35-37(36-47-49(43,44)46-34-33-40)48-39(42)32-30-28-26-23-12-10-8-6-4-2/h11,13,15-16,18-19,21-22,37H,3-10,12,14,17,20,23-36,40H2,1-2H3,(H,43,44)/b13-11+,16-15+,19-18+,22-21+/t37-/m0/s1. The molecule has 0 saturated carbocycles. The lowest BCUT2D eigenvalue weighted by Crippen LogP contribution is -2.29. The van der Waals surface area contributed by atoms with Crippen LogP contribution in [0, 0.1) is 0 Å². The molecular formula is C39H70NO8P. The molecular weight excluding hydrogens is 641 g/mol. The summed E-state index contributed by atoms with van der Waals surface area (Å²) in [5.41, 5.74) is 5.32. The smallest absolute Gasteiger partial charge is 0.462 e. The number of carbonyl (C=O) groups excluding carboxylic acids is 2. The van der Waals surface area contributed by atoms with E-state index >= 15 is 0 Å². The number of phosphoric ester groups is 1. The van der Waals surface area contributed by atoms with E-state index in [4.69, 9.17) is 24.3 Å². The fourth-order valence-electron chi connectivity index (χ4n) is 4.85. The minimum Gasteiger partial charge on any atom is -0.462 e. The van der Waals surface area contributed by atoms with Crippen LogP contribution in [0.15, 0.2) is 48.6 Å². The van der Waals surface area contributed by atoms with Gasteiger partial charge in [-0.25, -0.2) is 4.57 Å². The molecule has 0 rings (SSSR count). The number of phosphoric acid groups is 1. The van der Waals surface area contributed by atoms with Crippen LogP contribution >= 0.6 is 7.82 Å². The zero-order chi connectivity index (χ0) is 36.1. The topological polar surface area (TPSA) is 134 Å². The molecule has 0 aromatic carbocycles. The lowest BCUT2D eigenvalue weighted by Gasteiger charge is -2.19. The van der Waals surface area contributed by atoms with Crippen molar-refractivity contribution in [2.24, 2.45) is 5.73 Å². The Morgan fingerprint density at radius 1 is 0.612 bits per heavy atom. The molecule has 0 radical (unpaired) electrons. The highest BCUT2D eigenvalue weighted by atomic mass is 31.2. The number of carbonyl (C=O) groups is 2. The van der Waals surface area contributed by atoms with Crippen LogP contribution in [0.25, 0.3) is 0 Å². The van der Waals surface area contributed by atoms with Gasteiger partial charge in [0.15, 0.2) is 6.10 Å². The van der Waals surface area contributed by atoms with Gasteiger partial charge in [-0.1, -0.05) is 133 Å². The van der Waals surface area contributed by atoms with Gasteiger partial charge in [0.05, 0.1) is 13.2 Å². The first-order valence-electron chi connectivity index (χ1n) is 19.1. The zero-order valence-corrected chi connectivity index (χ0v) is 31.8. The lowest BCUT2D eigenvalue weighted by molar-refractivity contribution is -0.161. The first-order valence-corrected chi connectivity index (χ1v) is 20.6. The summed E-state index contributed by atoms with van der Waals surface area (Å²) in [6, 6.07) is 0. The molecule has 0 aromatic rings. The molecule has 3 N–H and O–H groups in total. The van der Waals surface area contributed by atoms with Crippen molar-refractivity contribution in [2.45, 2.75) is 161 Å². The average molecular weight is 712 g/mol. The molecule has 0 aliphatic carbocycles.